The molecule has 2 heterocycles. The standard InChI is InChI=1S/C15H17F2N3O2/c1-21-8-9-3-10(22-2)7-20(9)15-6-18-13-4-11(16)12(17)5-14(13)19-15/h4-6,9-10H,3,7-8H2,1-2H3/t9-,10+/m0/s1. The minimum Gasteiger partial charge on any atom is -0.383 e. The molecule has 1 aromatic carbocycles. The van der Waals surface area contributed by atoms with Gasteiger partial charge in [-0.05, 0) is 6.42 Å². The zero-order valence-corrected chi connectivity index (χ0v) is 12.4. The molecule has 2 atom stereocenters. The van der Waals surface area contributed by atoms with Gasteiger partial charge < -0.3 is 14.4 Å². The van der Waals surface area contributed by atoms with Gasteiger partial charge in [-0.3, -0.25) is 4.98 Å². The van der Waals surface area contributed by atoms with E-state index in [2.05, 4.69) is 9.97 Å². The molecule has 0 aliphatic carbocycles. The van der Waals surface area contributed by atoms with Crippen LogP contribution in [0.3, 0.4) is 0 Å². The number of aromatic nitrogens is 2. The van der Waals surface area contributed by atoms with Crippen molar-refractivity contribution in [3.05, 3.63) is 30.0 Å². The quantitative estimate of drug-likeness (QED) is 0.866. The van der Waals surface area contributed by atoms with Crippen LogP contribution in [0.25, 0.3) is 11.0 Å². The van der Waals surface area contributed by atoms with E-state index < -0.39 is 11.6 Å². The number of benzene rings is 1. The Morgan fingerprint density at radius 2 is 1.95 bits per heavy atom. The van der Waals surface area contributed by atoms with Crippen molar-refractivity contribution in [1.82, 2.24) is 9.97 Å². The summed E-state index contributed by atoms with van der Waals surface area (Å²) in [7, 11) is 3.31. The first kappa shape index (κ1) is 15.1. The van der Waals surface area contributed by atoms with E-state index in [1.165, 1.54) is 0 Å². The summed E-state index contributed by atoms with van der Waals surface area (Å²) >= 11 is 0. The summed E-state index contributed by atoms with van der Waals surface area (Å²) in [5.74, 6) is -1.24. The molecule has 0 spiro atoms. The second-order valence-electron chi connectivity index (χ2n) is 5.34. The average Bonchev–Trinajstić information content (AvgIpc) is 2.92. The van der Waals surface area contributed by atoms with Crippen LogP contribution in [0.5, 0.6) is 0 Å². The van der Waals surface area contributed by atoms with E-state index in [1.807, 2.05) is 4.90 Å². The van der Waals surface area contributed by atoms with Crippen molar-refractivity contribution in [1.29, 1.82) is 0 Å². The molecule has 1 aliphatic heterocycles. The van der Waals surface area contributed by atoms with Crippen LogP contribution >= 0.6 is 0 Å². The highest BCUT2D eigenvalue weighted by Gasteiger charge is 2.33. The van der Waals surface area contributed by atoms with Crippen LogP contribution in [0.1, 0.15) is 6.42 Å². The van der Waals surface area contributed by atoms with Crippen molar-refractivity contribution in [3.63, 3.8) is 0 Å². The largest absolute Gasteiger partial charge is 0.383 e. The molecule has 1 aromatic heterocycles. The van der Waals surface area contributed by atoms with Crippen molar-refractivity contribution >= 4 is 16.9 Å². The highest BCUT2D eigenvalue weighted by molar-refractivity contribution is 5.75. The zero-order valence-electron chi connectivity index (χ0n) is 12.4. The van der Waals surface area contributed by atoms with Crippen molar-refractivity contribution in [3.8, 4) is 0 Å². The summed E-state index contributed by atoms with van der Waals surface area (Å²) in [6.07, 6.45) is 2.48. The minimum atomic E-state index is -0.927. The number of halogens is 2. The number of ether oxygens (including phenoxy) is 2. The molecule has 3 rings (SSSR count). The second kappa shape index (κ2) is 6.10. The SMILES string of the molecule is COC[C@@H]1C[C@@H](OC)CN1c1cnc2cc(F)c(F)cc2n1. The smallest absolute Gasteiger partial charge is 0.161 e. The summed E-state index contributed by atoms with van der Waals surface area (Å²) in [6.45, 7) is 1.20. The maximum Gasteiger partial charge on any atom is 0.161 e. The predicted octanol–water partition coefficient (Wildman–Crippen LogP) is 2.15. The van der Waals surface area contributed by atoms with Crippen LogP contribution in [-0.4, -0.2) is 49.5 Å². The van der Waals surface area contributed by atoms with Crippen LogP contribution in [0.4, 0.5) is 14.6 Å². The van der Waals surface area contributed by atoms with E-state index in [-0.39, 0.29) is 12.1 Å². The van der Waals surface area contributed by atoms with Gasteiger partial charge in [0.15, 0.2) is 11.6 Å². The third kappa shape index (κ3) is 2.74. The van der Waals surface area contributed by atoms with Crippen LogP contribution in [0.2, 0.25) is 0 Å². The van der Waals surface area contributed by atoms with Gasteiger partial charge in [-0.25, -0.2) is 13.8 Å². The second-order valence-corrected chi connectivity index (χ2v) is 5.34. The molecule has 0 saturated carbocycles. The lowest BCUT2D eigenvalue weighted by Crippen LogP contribution is -2.33. The van der Waals surface area contributed by atoms with Crippen LogP contribution in [0, 0.1) is 11.6 Å². The molecular weight excluding hydrogens is 292 g/mol. The Kier molecular flexibility index (Phi) is 4.17. The average molecular weight is 309 g/mol. The molecule has 0 N–H and O–H groups in total. The number of hydrogen-bond acceptors (Lipinski definition) is 5. The summed E-state index contributed by atoms with van der Waals surface area (Å²) in [4.78, 5) is 10.6. The van der Waals surface area contributed by atoms with E-state index in [0.717, 1.165) is 18.6 Å². The Balaban J connectivity index is 1.96. The van der Waals surface area contributed by atoms with Crippen molar-refractivity contribution in [2.45, 2.75) is 18.6 Å². The van der Waals surface area contributed by atoms with E-state index in [4.69, 9.17) is 9.47 Å². The monoisotopic (exact) mass is 309 g/mol. The van der Waals surface area contributed by atoms with Crippen LogP contribution in [0.15, 0.2) is 18.3 Å². The molecule has 0 radical (unpaired) electrons. The summed E-state index contributed by atoms with van der Waals surface area (Å²) in [6, 6.07) is 2.24. The maximum absolute atomic E-state index is 13.4. The lowest BCUT2D eigenvalue weighted by Gasteiger charge is -2.24. The Hall–Kier alpha value is -1.86. The number of methoxy groups -OCH3 is 2. The van der Waals surface area contributed by atoms with E-state index in [9.17, 15) is 8.78 Å². The molecule has 5 nitrogen and oxygen atoms in total. The van der Waals surface area contributed by atoms with Gasteiger partial charge in [0, 0.05) is 32.9 Å². The summed E-state index contributed by atoms with van der Waals surface area (Å²) in [5.41, 5.74) is 0.655. The molecule has 1 saturated heterocycles. The molecule has 118 valence electrons. The summed E-state index contributed by atoms with van der Waals surface area (Å²) in [5, 5.41) is 0. The molecular formula is C15H17F2N3O2. The maximum atomic E-state index is 13.4. The Morgan fingerprint density at radius 3 is 2.64 bits per heavy atom. The highest BCUT2D eigenvalue weighted by atomic mass is 19.2. The number of anilines is 1. The third-order valence-electron chi connectivity index (χ3n) is 3.93. The molecule has 0 bridgehead atoms. The highest BCUT2D eigenvalue weighted by Crippen LogP contribution is 2.27. The van der Waals surface area contributed by atoms with Gasteiger partial charge in [0.2, 0.25) is 0 Å². The normalized spacial score (nSPS) is 21.7. The minimum absolute atomic E-state index is 0.0857. The number of hydrogen-bond donors (Lipinski definition) is 0. The summed E-state index contributed by atoms with van der Waals surface area (Å²) < 4.78 is 37.2. The molecule has 1 fully saturated rings. The molecule has 0 unspecified atom stereocenters. The fourth-order valence-electron chi connectivity index (χ4n) is 2.81. The Morgan fingerprint density at radius 1 is 1.23 bits per heavy atom. The molecule has 22 heavy (non-hydrogen) atoms. The molecule has 1 aliphatic rings. The first-order valence-electron chi connectivity index (χ1n) is 7.02. The lowest BCUT2D eigenvalue weighted by atomic mass is 10.2. The van der Waals surface area contributed by atoms with Crippen molar-refractivity contribution in [2.75, 3.05) is 32.3 Å². The van der Waals surface area contributed by atoms with Gasteiger partial charge in [-0.15, -0.1) is 0 Å². The fraction of sp³-hybridized carbons (Fsp3) is 0.467. The van der Waals surface area contributed by atoms with Gasteiger partial charge in [-0.2, -0.15) is 0 Å². The number of nitrogens with zero attached hydrogens (tertiary/aromatic N) is 3. The topological polar surface area (TPSA) is 47.5 Å². The zero-order chi connectivity index (χ0) is 15.7. The molecule has 0 amide bonds. The van der Waals surface area contributed by atoms with Crippen molar-refractivity contribution in [2.24, 2.45) is 0 Å². The fourth-order valence-corrected chi connectivity index (χ4v) is 2.81. The predicted molar refractivity (Wildman–Crippen MR) is 77.9 cm³/mol. The lowest BCUT2D eigenvalue weighted by molar-refractivity contribution is 0.111. The van der Waals surface area contributed by atoms with Crippen molar-refractivity contribution < 1.29 is 18.3 Å². The van der Waals surface area contributed by atoms with Crippen LogP contribution in [-0.2, 0) is 9.47 Å². The van der Waals surface area contributed by atoms with Gasteiger partial charge in [0.05, 0.1) is 36.0 Å². The van der Waals surface area contributed by atoms with Gasteiger partial charge >= 0.3 is 0 Å². The molecule has 2 aromatic rings. The van der Waals surface area contributed by atoms with Gasteiger partial charge in [0.1, 0.15) is 5.82 Å². The Labute approximate surface area is 126 Å². The number of rotatable bonds is 4. The van der Waals surface area contributed by atoms with Gasteiger partial charge in [-0.1, -0.05) is 0 Å². The van der Waals surface area contributed by atoms with Crippen LogP contribution < -0.4 is 4.90 Å². The van der Waals surface area contributed by atoms with E-state index in [1.54, 1.807) is 20.4 Å². The Bertz CT molecular complexity index is 683. The van der Waals surface area contributed by atoms with E-state index in [0.29, 0.717) is 30.0 Å². The van der Waals surface area contributed by atoms with Gasteiger partial charge in [0.25, 0.3) is 0 Å². The first-order valence-corrected chi connectivity index (χ1v) is 7.02. The first-order chi connectivity index (χ1) is 10.6. The van der Waals surface area contributed by atoms with E-state index >= 15 is 0 Å². The third-order valence-corrected chi connectivity index (χ3v) is 3.93. The number of fused-ring (bicyclic) bond motifs is 1. The molecule has 7 heteroatoms.